The van der Waals surface area contributed by atoms with Crippen LogP contribution in [0.1, 0.15) is 18.4 Å². The number of methoxy groups -OCH3 is 1. The number of hydrogen-bond donors (Lipinski definition) is 1. The van der Waals surface area contributed by atoms with E-state index < -0.39 is 5.60 Å². The summed E-state index contributed by atoms with van der Waals surface area (Å²) < 4.78 is 5.33. The summed E-state index contributed by atoms with van der Waals surface area (Å²) in [5.74, 6) is 0.798. The van der Waals surface area contributed by atoms with E-state index >= 15 is 0 Å². The molecule has 0 saturated carbocycles. The summed E-state index contributed by atoms with van der Waals surface area (Å²) in [4.78, 5) is 2.24. The number of nitrogens with zero attached hydrogens (tertiary/aromatic N) is 1. The van der Waals surface area contributed by atoms with Crippen LogP contribution < -0.4 is 4.74 Å². The predicted octanol–water partition coefficient (Wildman–Crippen LogP) is 2.35. The molecule has 2 rings (SSSR count). The summed E-state index contributed by atoms with van der Waals surface area (Å²) in [6.07, 6.45) is 2.18. The lowest BCUT2D eigenvalue weighted by Crippen LogP contribution is -2.44. The number of rotatable bonds is 3. The fourth-order valence-electron chi connectivity index (χ4n) is 2.45. The minimum absolute atomic E-state index is 0.602. The van der Waals surface area contributed by atoms with Crippen molar-refractivity contribution in [2.24, 2.45) is 0 Å². The molecule has 0 aromatic heterocycles. The van der Waals surface area contributed by atoms with E-state index in [1.54, 1.807) is 7.11 Å². The van der Waals surface area contributed by atoms with Gasteiger partial charge >= 0.3 is 0 Å². The normalized spacial score (nSPS) is 19.8. The van der Waals surface area contributed by atoms with Crippen LogP contribution in [0.5, 0.6) is 5.75 Å². The van der Waals surface area contributed by atoms with Crippen LogP contribution in [0.2, 0.25) is 5.02 Å². The highest BCUT2D eigenvalue weighted by Crippen LogP contribution is 2.31. The average Bonchev–Trinajstić information content (AvgIpc) is 2.34. The molecule has 1 N–H and O–H groups in total. The van der Waals surface area contributed by atoms with Crippen molar-refractivity contribution in [2.75, 3.05) is 27.2 Å². The lowest BCUT2D eigenvalue weighted by molar-refractivity contribution is -0.0153. The van der Waals surface area contributed by atoms with Crippen molar-refractivity contribution in [2.45, 2.75) is 24.9 Å². The van der Waals surface area contributed by atoms with Crippen molar-refractivity contribution >= 4 is 11.6 Å². The van der Waals surface area contributed by atoms with Crippen molar-refractivity contribution < 1.29 is 9.84 Å². The van der Waals surface area contributed by atoms with Gasteiger partial charge in [0, 0.05) is 24.5 Å². The van der Waals surface area contributed by atoms with Gasteiger partial charge in [0.25, 0.3) is 0 Å². The van der Waals surface area contributed by atoms with E-state index in [0.717, 1.165) is 37.2 Å². The number of likely N-dealkylation sites (tertiary alicyclic amines) is 1. The minimum Gasteiger partial charge on any atom is -0.496 e. The van der Waals surface area contributed by atoms with E-state index in [1.807, 2.05) is 18.2 Å². The van der Waals surface area contributed by atoms with Crippen LogP contribution in [-0.4, -0.2) is 42.9 Å². The molecule has 0 aliphatic carbocycles. The number of benzene rings is 1. The zero-order valence-corrected chi connectivity index (χ0v) is 11.7. The molecule has 1 aromatic rings. The summed E-state index contributed by atoms with van der Waals surface area (Å²) in [5, 5.41) is 11.3. The first-order valence-electron chi connectivity index (χ1n) is 6.26. The molecule has 100 valence electrons. The Morgan fingerprint density at radius 2 is 2.06 bits per heavy atom. The molecule has 1 saturated heterocycles. The number of piperidine rings is 1. The van der Waals surface area contributed by atoms with E-state index in [-0.39, 0.29) is 0 Å². The van der Waals surface area contributed by atoms with Crippen molar-refractivity contribution in [3.8, 4) is 5.75 Å². The van der Waals surface area contributed by atoms with E-state index in [2.05, 4.69) is 11.9 Å². The first kappa shape index (κ1) is 13.7. The molecular weight excluding hydrogens is 250 g/mol. The monoisotopic (exact) mass is 269 g/mol. The van der Waals surface area contributed by atoms with E-state index in [4.69, 9.17) is 16.3 Å². The van der Waals surface area contributed by atoms with Crippen molar-refractivity contribution in [3.05, 3.63) is 28.8 Å². The maximum atomic E-state index is 10.6. The number of aliphatic hydroxyl groups is 1. The van der Waals surface area contributed by atoms with Gasteiger partial charge < -0.3 is 14.7 Å². The molecule has 3 nitrogen and oxygen atoms in total. The molecule has 1 aromatic carbocycles. The predicted molar refractivity (Wildman–Crippen MR) is 73.4 cm³/mol. The van der Waals surface area contributed by atoms with Crippen LogP contribution in [-0.2, 0) is 6.42 Å². The van der Waals surface area contributed by atoms with Crippen molar-refractivity contribution in [1.82, 2.24) is 4.90 Å². The van der Waals surface area contributed by atoms with E-state index in [1.165, 1.54) is 0 Å². The molecule has 0 bridgehead atoms. The molecule has 0 amide bonds. The van der Waals surface area contributed by atoms with Gasteiger partial charge in [-0.05, 0) is 43.7 Å². The first-order valence-corrected chi connectivity index (χ1v) is 6.63. The summed E-state index contributed by atoms with van der Waals surface area (Å²) in [6, 6.07) is 5.55. The van der Waals surface area contributed by atoms with Crippen LogP contribution in [0.4, 0.5) is 0 Å². The zero-order chi connectivity index (χ0) is 13.2. The highest BCUT2D eigenvalue weighted by Gasteiger charge is 2.32. The van der Waals surface area contributed by atoms with E-state index in [9.17, 15) is 5.11 Å². The topological polar surface area (TPSA) is 32.7 Å². The van der Waals surface area contributed by atoms with Crippen LogP contribution in [0.15, 0.2) is 18.2 Å². The summed E-state index contributed by atoms with van der Waals surface area (Å²) in [7, 11) is 3.73. The molecule has 1 aliphatic rings. The third-order valence-corrected chi connectivity index (χ3v) is 3.91. The van der Waals surface area contributed by atoms with Gasteiger partial charge in [-0.15, -0.1) is 0 Å². The molecule has 1 fully saturated rings. The largest absolute Gasteiger partial charge is 0.496 e. The Morgan fingerprint density at radius 1 is 1.39 bits per heavy atom. The molecular formula is C14H20ClNO2. The lowest BCUT2D eigenvalue weighted by atomic mass is 9.85. The Labute approximate surface area is 113 Å². The highest BCUT2D eigenvalue weighted by atomic mass is 35.5. The lowest BCUT2D eigenvalue weighted by Gasteiger charge is -2.36. The summed E-state index contributed by atoms with van der Waals surface area (Å²) in [5.41, 5.74) is 0.349. The van der Waals surface area contributed by atoms with Gasteiger partial charge in [-0.1, -0.05) is 11.6 Å². The molecule has 4 heteroatoms. The standard InChI is InChI=1S/C14H20ClNO2/c1-16-7-5-14(17,6-8-16)10-11-9-12(15)3-4-13(11)18-2/h3-4,9,17H,5-8,10H2,1-2H3. The summed E-state index contributed by atoms with van der Waals surface area (Å²) >= 11 is 6.01. The maximum absolute atomic E-state index is 10.6. The molecule has 0 radical (unpaired) electrons. The van der Waals surface area contributed by atoms with E-state index in [0.29, 0.717) is 11.4 Å². The van der Waals surface area contributed by atoms with Gasteiger partial charge in [-0.25, -0.2) is 0 Å². The van der Waals surface area contributed by atoms with Gasteiger partial charge in [-0.3, -0.25) is 0 Å². The molecule has 1 heterocycles. The maximum Gasteiger partial charge on any atom is 0.122 e. The van der Waals surface area contributed by atoms with Gasteiger partial charge in [0.2, 0.25) is 0 Å². The Hall–Kier alpha value is -0.770. The third kappa shape index (κ3) is 3.16. The van der Waals surface area contributed by atoms with Crippen molar-refractivity contribution in [3.63, 3.8) is 0 Å². The second-order valence-electron chi connectivity index (χ2n) is 5.16. The second-order valence-corrected chi connectivity index (χ2v) is 5.60. The quantitative estimate of drug-likeness (QED) is 0.914. The van der Waals surface area contributed by atoms with Crippen LogP contribution in [0.25, 0.3) is 0 Å². The molecule has 0 unspecified atom stereocenters. The van der Waals surface area contributed by atoms with Crippen molar-refractivity contribution in [1.29, 1.82) is 0 Å². The van der Waals surface area contributed by atoms with Crippen LogP contribution in [0, 0.1) is 0 Å². The molecule has 18 heavy (non-hydrogen) atoms. The highest BCUT2D eigenvalue weighted by molar-refractivity contribution is 6.30. The average molecular weight is 270 g/mol. The number of hydrogen-bond acceptors (Lipinski definition) is 3. The first-order chi connectivity index (χ1) is 8.52. The van der Waals surface area contributed by atoms with Crippen LogP contribution in [0.3, 0.4) is 0 Å². The Kier molecular flexibility index (Phi) is 4.15. The van der Waals surface area contributed by atoms with Gasteiger partial charge in [0.15, 0.2) is 0 Å². The Balaban J connectivity index is 2.15. The SMILES string of the molecule is COc1ccc(Cl)cc1CC1(O)CCN(C)CC1. The molecule has 0 spiro atoms. The molecule has 0 atom stereocenters. The molecule has 1 aliphatic heterocycles. The summed E-state index contributed by atoms with van der Waals surface area (Å²) in [6.45, 7) is 1.86. The van der Waals surface area contributed by atoms with Gasteiger partial charge in [0.05, 0.1) is 12.7 Å². The fourth-order valence-corrected chi connectivity index (χ4v) is 2.65. The Morgan fingerprint density at radius 3 is 2.67 bits per heavy atom. The Bertz CT molecular complexity index is 414. The minimum atomic E-state index is -0.634. The second kappa shape index (κ2) is 5.47. The van der Waals surface area contributed by atoms with Gasteiger partial charge in [-0.2, -0.15) is 0 Å². The number of halogens is 1. The van der Waals surface area contributed by atoms with Crippen LogP contribution >= 0.6 is 11.6 Å². The van der Waals surface area contributed by atoms with Gasteiger partial charge in [0.1, 0.15) is 5.75 Å². The third-order valence-electron chi connectivity index (χ3n) is 3.68. The smallest absolute Gasteiger partial charge is 0.122 e. The zero-order valence-electron chi connectivity index (χ0n) is 10.9. The fraction of sp³-hybridized carbons (Fsp3) is 0.571. The number of ether oxygens (including phenoxy) is 1.